The summed E-state index contributed by atoms with van der Waals surface area (Å²) in [5.74, 6) is -0.00743. The molecule has 0 fully saturated rings. The Morgan fingerprint density at radius 1 is 1.14 bits per heavy atom. The van der Waals surface area contributed by atoms with Gasteiger partial charge in [-0.25, -0.2) is 0 Å². The van der Waals surface area contributed by atoms with Crippen LogP contribution in [0, 0.1) is 6.92 Å². The van der Waals surface area contributed by atoms with Crippen molar-refractivity contribution >= 4 is 44.6 Å². The molecule has 0 atom stereocenters. The number of hydrogen-bond donors (Lipinski definition) is 1. The third-order valence-corrected chi connectivity index (χ3v) is 4.92. The summed E-state index contributed by atoms with van der Waals surface area (Å²) in [6.45, 7) is 2.07. The number of carbonyl (C=O) groups is 1. The van der Waals surface area contributed by atoms with Crippen LogP contribution >= 0.6 is 22.9 Å². The van der Waals surface area contributed by atoms with Crippen LogP contribution in [-0.2, 0) is 11.2 Å². The summed E-state index contributed by atoms with van der Waals surface area (Å²) in [6.07, 6.45) is 0.397. The lowest BCUT2D eigenvalue weighted by atomic mass is 10.1. The number of aryl methyl sites for hydroxylation is 1. The van der Waals surface area contributed by atoms with Crippen molar-refractivity contribution in [2.45, 2.75) is 13.3 Å². The smallest absolute Gasteiger partial charge is 0.229 e. The third-order valence-electron chi connectivity index (χ3n) is 3.39. The van der Waals surface area contributed by atoms with Crippen molar-refractivity contribution in [2.24, 2.45) is 0 Å². The Balaban J connectivity index is 1.77. The monoisotopic (exact) mass is 315 g/mol. The maximum absolute atomic E-state index is 12.2. The minimum Gasteiger partial charge on any atom is -0.326 e. The van der Waals surface area contributed by atoms with Gasteiger partial charge in [0.1, 0.15) is 0 Å². The molecule has 2 nitrogen and oxygen atoms in total. The van der Waals surface area contributed by atoms with Crippen molar-refractivity contribution in [1.82, 2.24) is 0 Å². The standard InChI is InChI=1S/C17H14ClNOS/c1-11-14-4-2-3-5-15(14)21-16(11)10-17(20)19-13-8-6-12(18)7-9-13/h2-9H,10H2,1H3,(H,19,20). The quantitative estimate of drug-likeness (QED) is 0.720. The van der Waals surface area contributed by atoms with Gasteiger partial charge in [0.15, 0.2) is 0 Å². The molecule has 0 aliphatic heterocycles. The topological polar surface area (TPSA) is 29.1 Å². The molecule has 1 amide bonds. The Morgan fingerprint density at radius 3 is 2.57 bits per heavy atom. The van der Waals surface area contributed by atoms with Gasteiger partial charge in [0.2, 0.25) is 5.91 Å². The van der Waals surface area contributed by atoms with E-state index in [1.54, 1.807) is 35.6 Å². The van der Waals surface area contributed by atoms with E-state index < -0.39 is 0 Å². The summed E-state index contributed by atoms with van der Waals surface area (Å²) >= 11 is 7.52. The lowest BCUT2D eigenvalue weighted by molar-refractivity contribution is -0.115. The predicted molar refractivity (Wildman–Crippen MR) is 90.3 cm³/mol. The number of nitrogens with one attached hydrogen (secondary N) is 1. The van der Waals surface area contributed by atoms with Gasteiger partial charge in [-0.05, 0) is 48.2 Å². The Morgan fingerprint density at radius 2 is 1.86 bits per heavy atom. The number of hydrogen-bond acceptors (Lipinski definition) is 2. The van der Waals surface area contributed by atoms with Gasteiger partial charge in [0.05, 0.1) is 6.42 Å². The zero-order valence-corrected chi connectivity index (χ0v) is 13.1. The lowest BCUT2D eigenvalue weighted by Crippen LogP contribution is -2.14. The molecule has 106 valence electrons. The molecule has 0 unspecified atom stereocenters. The third kappa shape index (κ3) is 3.09. The summed E-state index contributed by atoms with van der Waals surface area (Å²) in [5.41, 5.74) is 1.96. The highest BCUT2D eigenvalue weighted by Crippen LogP contribution is 2.31. The summed E-state index contributed by atoms with van der Waals surface area (Å²) in [5, 5.41) is 4.79. The fourth-order valence-electron chi connectivity index (χ4n) is 2.28. The molecule has 0 saturated carbocycles. The molecule has 0 spiro atoms. The van der Waals surface area contributed by atoms with Crippen molar-refractivity contribution in [1.29, 1.82) is 0 Å². The van der Waals surface area contributed by atoms with Crippen LogP contribution in [0.2, 0.25) is 5.02 Å². The molecule has 0 aliphatic rings. The van der Waals surface area contributed by atoms with Crippen molar-refractivity contribution in [2.75, 3.05) is 5.32 Å². The zero-order valence-electron chi connectivity index (χ0n) is 11.5. The number of benzene rings is 2. The number of fused-ring (bicyclic) bond motifs is 1. The highest BCUT2D eigenvalue weighted by Gasteiger charge is 2.12. The number of rotatable bonds is 3. The van der Waals surface area contributed by atoms with Crippen molar-refractivity contribution in [3.8, 4) is 0 Å². The zero-order chi connectivity index (χ0) is 14.8. The van der Waals surface area contributed by atoms with Crippen molar-refractivity contribution < 1.29 is 4.79 Å². The minimum atomic E-state index is -0.00743. The summed E-state index contributed by atoms with van der Waals surface area (Å²) < 4.78 is 1.23. The van der Waals surface area contributed by atoms with E-state index in [1.807, 2.05) is 12.1 Å². The fraction of sp³-hybridized carbons (Fsp3) is 0.118. The van der Waals surface area contributed by atoms with Gasteiger partial charge in [-0.2, -0.15) is 0 Å². The van der Waals surface area contributed by atoms with E-state index in [9.17, 15) is 4.79 Å². The van der Waals surface area contributed by atoms with Gasteiger partial charge in [0, 0.05) is 20.3 Å². The normalized spacial score (nSPS) is 10.8. The summed E-state index contributed by atoms with van der Waals surface area (Å²) in [7, 11) is 0. The highest BCUT2D eigenvalue weighted by atomic mass is 35.5. The number of thiophene rings is 1. The second-order valence-electron chi connectivity index (χ2n) is 4.88. The molecule has 1 N–H and O–H groups in total. The molecule has 21 heavy (non-hydrogen) atoms. The van der Waals surface area contributed by atoms with Crippen LogP contribution < -0.4 is 5.32 Å². The van der Waals surface area contributed by atoms with E-state index >= 15 is 0 Å². The largest absolute Gasteiger partial charge is 0.326 e. The Bertz CT molecular complexity index is 792. The van der Waals surface area contributed by atoms with Crippen LogP contribution in [0.1, 0.15) is 10.4 Å². The molecular formula is C17H14ClNOS. The van der Waals surface area contributed by atoms with Crippen LogP contribution in [0.3, 0.4) is 0 Å². The average Bonchev–Trinajstić information content (AvgIpc) is 2.78. The van der Waals surface area contributed by atoms with Crippen LogP contribution in [0.15, 0.2) is 48.5 Å². The van der Waals surface area contributed by atoms with Gasteiger partial charge >= 0.3 is 0 Å². The lowest BCUT2D eigenvalue weighted by Gasteiger charge is -2.05. The van der Waals surface area contributed by atoms with E-state index in [4.69, 9.17) is 11.6 Å². The molecule has 0 saturated heterocycles. The molecule has 3 aromatic rings. The van der Waals surface area contributed by atoms with E-state index in [0.717, 1.165) is 10.6 Å². The predicted octanol–water partition coefficient (Wildman–Crippen LogP) is 5.04. The fourth-order valence-corrected chi connectivity index (χ4v) is 3.61. The van der Waals surface area contributed by atoms with E-state index in [2.05, 4.69) is 24.4 Å². The minimum absolute atomic E-state index is 0.00743. The summed E-state index contributed by atoms with van der Waals surface area (Å²) in [6, 6.07) is 15.4. The van der Waals surface area contributed by atoms with Crippen LogP contribution in [0.5, 0.6) is 0 Å². The number of carbonyl (C=O) groups excluding carboxylic acids is 1. The molecule has 0 radical (unpaired) electrons. The maximum atomic E-state index is 12.2. The first-order chi connectivity index (χ1) is 10.1. The first-order valence-corrected chi connectivity index (χ1v) is 7.85. The van der Waals surface area contributed by atoms with Crippen molar-refractivity contribution in [3.05, 3.63) is 64.0 Å². The molecule has 3 rings (SSSR count). The maximum Gasteiger partial charge on any atom is 0.229 e. The Hall–Kier alpha value is -1.84. The van der Waals surface area contributed by atoms with Gasteiger partial charge < -0.3 is 5.32 Å². The van der Waals surface area contributed by atoms with Crippen molar-refractivity contribution in [3.63, 3.8) is 0 Å². The number of anilines is 1. The first-order valence-electron chi connectivity index (χ1n) is 6.66. The second kappa shape index (κ2) is 5.88. The highest BCUT2D eigenvalue weighted by molar-refractivity contribution is 7.19. The summed E-state index contributed by atoms with van der Waals surface area (Å²) in [4.78, 5) is 13.3. The Labute approximate surface area is 132 Å². The van der Waals surface area contributed by atoms with E-state index in [1.165, 1.54) is 15.6 Å². The molecule has 4 heteroatoms. The number of amides is 1. The molecule has 1 aromatic heterocycles. The van der Waals surface area contributed by atoms with Crippen LogP contribution in [0.25, 0.3) is 10.1 Å². The van der Waals surface area contributed by atoms with E-state index in [0.29, 0.717) is 11.4 Å². The van der Waals surface area contributed by atoms with Gasteiger partial charge in [-0.3, -0.25) is 4.79 Å². The molecule has 0 bridgehead atoms. The SMILES string of the molecule is Cc1c(CC(=O)Nc2ccc(Cl)cc2)sc2ccccc12. The van der Waals surface area contributed by atoms with Gasteiger partial charge in [-0.15, -0.1) is 11.3 Å². The van der Waals surface area contributed by atoms with Gasteiger partial charge in [-0.1, -0.05) is 29.8 Å². The first kappa shape index (κ1) is 14.1. The Kier molecular flexibility index (Phi) is 3.95. The number of halogens is 1. The van der Waals surface area contributed by atoms with E-state index in [-0.39, 0.29) is 5.91 Å². The van der Waals surface area contributed by atoms with Crippen LogP contribution in [-0.4, -0.2) is 5.91 Å². The van der Waals surface area contributed by atoms with Crippen LogP contribution in [0.4, 0.5) is 5.69 Å². The molecule has 2 aromatic carbocycles. The second-order valence-corrected chi connectivity index (χ2v) is 6.45. The van der Waals surface area contributed by atoms with Gasteiger partial charge in [0.25, 0.3) is 0 Å². The average molecular weight is 316 g/mol. The molecule has 0 aliphatic carbocycles. The molecular weight excluding hydrogens is 302 g/mol. The molecule has 1 heterocycles.